The number of aliphatic carboxylic acids is 1. The topological polar surface area (TPSA) is 134 Å². The average Bonchev–Trinajstić information content (AvgIpc) is 3.58. The summed E-state index contributed by atoms with van der Waals surface area (Å²) in [5.41, 5.74) is -0.993. The van der Waals surface area contributed by atoms with Gasteiger partial charge in [-0.15, -0.1) is 0 Å². The molecule has 0 radical (unpaired) electrons. The van der Waals surface area contributed by atoms with Crippen LogP contribution >= 0.6 is 0 Å². The van der Waals surface area contributed by atoms with E-state index in [-0.39, 0.29) is 35.7 Å². The normalized spacial score (nSPS) is 26.8. The highest BCUT2D eigenvalue weighted by molar-refractivity contribution is 5.99. The van der Waals surface area contributed by atoms with Crippen LogP contribution in [0, 0.1) is 23.6 Å². The lowest BCUT2D eigenvalue weighted by molar-refractivity contribution is -0.146. The van der Waals surface area contributed by atoms with Gasteiger partial charge in [-0.05, 0) is 80.0 Å². The third kappa shape index (κ3) is 6.56. The summed E-state index contributed by atoms with van der Waals surface area (Å²) in [7, 11) is 0. The number of nitrogens with zero attached hydrogens (tertiary/aromatic N) is 6. The summed E-state index contributed by atoms with van der Waals surface area (Å²) >= 11 is 0. The number of alkyl halides is 2. The zero-order chi connectivity index (χ0) is 37.1. The number of carboxylic acids is 1. The van der Waals surface area contributed by atoms with Crippen molar-refractivity contribution in [3.63, 3.8) is 0 Å². The van der Waals surface area contributed by atoms with Crippen molar-refractivity contribution in [2.24, 2.45) is 17.8 Å². The summed E-state index contributed by atoms with van der Waals surface area (Å²) in [6, 6.07) is 5.92. The zero-order valence-electron chi connectivity index (χ0n) is 30.2. The molecule has 4 unspecified atom stereocenters. The van der Waals surface area contributed by atoms with Crippen LogP contribution in [0.1, 0.15) is 106 Å². The molecule has 1 spiro atoms. The molecule has 53 heavy (non-hydrogen) atoms. The van der Waals surface area contributed by atoms with Crippen molar-refractivity contribution >= 4 is 29.5 Å². The molecule has 1 saturated heterocycles. The van der Waals surface area contributed by atoms with Gasteiger partial charge in [0, 0.05) is 56.7 Å². The number of hydrogen-bond donors (Lipinski definition) is 2. The maximum atomic E-state index is 15.4. The van der Waals surface area contributed by atoms with Gasteiger partial charge >= 0.3 is 5.97 Å². The Morgan fingerprint density at radius 3 is 2.42 bits per heavy atom. The van der Waals surface area contributed by atoms with Gasteiger partial charge < -0.3 is 25.0 Å². The summed E-state index contributed by atoms with van der Waals surface area (Å²) in [6.07, 6.45) is 12.5. The summed E-state index contributed by atoms with van der Waals surface area (Å²) in [5.74, 6) is -4.46. The Labute approximate surface area is 306 Å². The summed E-state index contributed by atoms with van der Waals surface area (Å²) < 4.78 is 50.6. The van der Waals surface area contributed by atoms with E-state index in [4.69, 9.17) is 4.74 Å². The van der Waals surface area contributed by atoms with E-state index in [0.717, 1.165) is 74.6 Å². The van der Waals surface area contributed by atoms with Crippen molar-refractivity contribution in [2.75, 3.05) is 29.4 Å². The van der Waals surface area contributed by atoms with Gasteiger partial charge in [-0.3, -0.25) is 4.79 Å². The van der Waals surface area contributed by atoms with Crippen molar-refractivity contribution in [2.45, 2.75) is 107 Å². The fourth-order valence-corrected chi connectivity index (χ4v) is 10.1. The number of amides is 1. The molecule has 5 aliphatic rings. The smallest absolute Gasteiger partial charge is 0.329 e. The third-order valence-electron chi connectivity index (χ3n) is 12.5. The summed E-state index contributed by atoms with van der Waals surface area (Å²) in [5, 5.41) is 13.1. The van der Waals surface area contributed by atoms with Crippen LogP contribution in [0.3, 0.4) is 0 Å². The molecule has 2 aromatic heterocycles. The number of ether oxygens (including phenoxy) is 1. The van der Waals surface area contributed by atoms with Crippen LogP contribution in [0.2, 0.25) is 0 Å². The number of piperidine rings is 1. The maximum absolute atomic E-state index is 15.4. The number of anilines is 3. The first-order chi connectivity index (χ1) is 25.3. The first kappa shape index (κ1) is 35.5. The lowest BCUT2D eigenvalue weighted by atomic mass is 9.71. The fourth-order valence-electron chi connectivity index (χ4n) is 10.1. The van der Waals surface area contributed by atoms with Gasteiger partial charge in [-0.25, -0.2) is 29.1 Å². The molecular formula is C39H46F3N7O4. The molecule has 11 nitrogen and oxygen atoms in total. The lowest BCUT2D eigenvalue weighted by Gasteiger charge is -2.35. The average molecular weight is 734 g/mol. The molecule has 2 aliphatic heterocycles. The Morgan fingerprint density at radius 2 is 1.72 bits per heavy atom. The second-order valence-electron chi connectivity index (χ2n) is 16.2. The number of hydrogen-bond acceptors (Lipinski definition) is 9. The molecule has 2 N–H and O–H groups in total. The van der Waals surface area contributed by atoms with Crippen molar-refractivity contribution in [1.82, 2.24) is 25.3 Å². The number of nitrogens with one attached hydrogen (secondary N) is 1. The predicted octanol–water partition coefficient (Wildman–Crippen LogP) is 6.93. The van der Waals surface area contributed by atoms with Crippen LogP contribution in [0.5, 0.6) is 5.75 Å². The number of carbonyl (C=O) groups excluding carboxylic acids is 1. The molecular weight excluding hydrogens is 687 g/mol. The van der Waals surface area contributed by atoms with E-state index in [2.05, 4.69) is 38.2 Å². The van der Waals surface area contributed by atoms with Gasteiger partial charge in [-0.1, -0.05) is 26.2 Å². The molecule has 3 saturated carbocycles. The Hall–Kier alpha value is -4.49. The van der Waals surface area contributed by atoms with Crippen LogP contribution < -0.4 is 19.9 Å². The molecule has 3 aliphatic carbocycles. The highest BCUT2D eigenvalue weighted by Crippen LogP contribution is 2.53. The Kier molecular flexibility index (Phi) is 9.00. The Balaban J connectivity index is 1.05. The minimum atomic E-state index is -3.50. The summed E-state index contributed by atoms with van der Waals surface area (Å²) in [4.78, 5) is 47.5. The molecule has 4 fully saturated rings. The molecule has 4 heterocycles. The van der Waals surface area contributed by atoms with Crippen molar-refractivity contribution in [3.05, 3.63) is 59.4 Å². The zero-order valence-corrected chi connectivity index (χ0v) is 30.2. The number of rotatable bonds is 8. The lowest BCUT2D eigenvalue weighted by Crippen LogP contribution is -2.57. The van der Waals surface area contributed by atoms with Crippen LogP contribution in [0.15, 0.2) is 36.8 Å². The molecule has 4 atom stereocenters. The quantitative estimate of drug-likeness (QED) is 0.251. The maximum Gasteiger partial charge on any atom is 0.329 e. The monoisotopic (exact) mass is 733 g/mol. The van der Waals surface area contributed by atoms with E-state index >= 15 is 8.78 Å². The van der Waals surface area contributed by atoms with Crippen molar-refractivity contribution in [1.29, 1.82) is 0 Å². The number of benzene rings is 1. The third-order valence-corrected chi connectivity index (χ3v) is 12.5. The number of carbonyl (C=O) groups is 2. The largest absolute Gasteiger partial charge is 0.490 e. The first-order valence-corrected chi connectivity index (χ1v) is 19.0. The van der Waals surface area contributed by atoms with Gasteiger partial charge in [0.25, 0.3) is 11.8 Å². The molecule has 1 aromatic carbocycles. The standard InChI is InChI=1S/C39H46F3N7O4/c1-23-14-24-16-25(15-23)39(18-24,34(51)52)47-33(50)29-21-45-36(46-32(29)37(2,41)42)49-22-38(10-4-3-5-11-38)30-17-28(6-7-31(30)49)53-27-8-12-48(13-9-27)35-43-19-26(40)20-44-35/h6-7,17,19-21,23-25,27H,3-5,8-16,18,22H2,1-2H3,(H,47,50)(H,51,52). The van der Waals surface area contributed by atoms with Gasteiger partial charge in [0.2, 0.25) is 11.9 Å². The predicted molar refractivity (Wildman–Crippen MR) is 190 cm³/mol. The van der Waals surface area contributed by atoms with Crippen molar-refractivity contribution in [3.8, 4) is 5.75 Å². The number of aromatic nitrogens is 4. The van der Waals surface area contributed by atoms with Crippen LogP contribution in [-0.2, 0) is 16.1 Å². The number of fused-ring (bicyclic) bond motifs is 4. The van der Waals surface area contributed by atoms with Gasteiger partial charge in [-0.2, -0.15) is 8.78 Å². The first-order valence-electron chi connectivity index (χ1n) is 19.0. The minimum Gasteiger partial charge on any atom is -0.490 e. The van der Waals surface area contributed by atoms with Crippen molar-refractivity contribution < 1.29 is 32.6 Å². The SMILES string of the molecule is CC1CC2CC(C1)C(NC(=O)c1cnc(N3CC4(CCCCC4)c4cc(OC5CCN(c6ncc(F)cn6)CC5)ccc43)nc1C(C)(F)F)(C(=O)O)C2. The Morgan fingerprint density at radius 1 is 1.00 bits per heavy atom. The highest BCUT2D eigenvalue weighted by Gasteiger charge is 2.56. The molecule has 14 heteroatoms. The molecule has 8 rings (SSSR count). The highest BCUT2D eigenvalue weighted by atomic mass is 19.3. The second-order valence-corrected chi connectivity index (χ2v) is 16.2. The van der Waals surface area contributed by atoms with E-state index in [9.17, 15) is 19.1 Å². The minimum absolute atomic E-state index is 0.0339. The van der Waals surface area contributed by atoms with Crippen LogP contribution in [0.4, 0.5) is 30.8 Å². The van der Waals surface area contributed by atoms with E-state index < -0.39 is 40.4 Å². The van der Waals surface area contributed by atoms with E-state index in [1.54, 1.807) is 0 Å². The van der Waals surface area contributed by atoms with E-state index in [1.807, 2.05) is 21.9 Å². The molecule has 282 valence electrons. The van der Waals surface area contributed by atoms with E-state index in [1.165, 1.54) is 12.4 Å². The summed E-state index contributed by atoms with van der Waals surface area (Å²) in [6.45, 7) is 4.64. The van der Waals surface area contributed by atoms with Gasteiger partial charge in [0.1, 0.15) is 23.1 Å². The fraction of sp³-hybridized carbons (Fsp3) is 0.590. The van der Waals surface area contributed by atoms with Crippen LogP contribution in [0.25, 0.3) is 0 Å². The number of halogens is 3. The van der Waals surface area contributed by atoms with E-state index in [0.29, 0.717) is 51.3 Å². The molecule has 2 bridgehead atoms. The van der Waals surface area contributed by atoms with Gasteiger partial charge in [0.15, 0.2) is 5.82 Å². The van der Waals surface area contributed by atoms with Gasteiger partial charge in [0.05, 0.1) is 18.0 Å². The molecule has 3 aromatic rings. The number of carboxylic acid groups (broad SMARTS) is 1. The Bertz CT molecular complexity index is 1880. The second kappa shape index (κ2) is 13.4. The van der Waals surface area contributed by atoms with Crippen LogP contribution in [-0.4, -0.2) is 68.2 Å². The molecule has 1 amide bonds.